The fourth-order valence-corrected chi connectivity index (χ4v) is 3.16. The highest BCUT2D eigenvalue weighted by Gasteiger charge is 2.21. The summed E-state index contributed by atoms with van der Waals surface area (Å²) in [6, 6.07) is 12.4. The molecule has 7 heteroatoms. The average molecular weight is 335 g/mol. The number of sulfonamides is 1. The van der Waals surface area contributed by atoms with Gasteiger partial charge in [-0.3, -0.25) is 4.79 Å². The zero-order valence-electron chi connectivity index (χ0n) is 12.7. The van der Waals surface area contributed by atoms with Crippen LogP contribution in [0.1, 0.15) is 6.92 Å². The van der Waals surface area contributed by atoms with Crippen molar-refractivity contribution in [3.05, 3.63) is 48.5 Å². The fourth-order valence-electron chi connectivity index (χ4n) is 1.96. The Kier molecular flexibility index (Phi) is 5.02. The van der Waals surface area contributed by atoms with Crippen molar-refractivity contribution in [1.82, 2.24) is 4.72 Å². The third-order valence-corrected chi connectivity index (χ3v) is 4.85. The number of methoxy groups -OCH3 is 1. The molecule has 0 saturated heterocycles. The number of benzene rings is 2. The Morgan fingerprint density at radius 3 is 1.96 bits per heavy atom. The third-order valence-electron chi connectivity index (χ3n) is 3.29. The van der Waals surface area contributed by atoms with Crippen molar-refractivity contribution in [1.29, 1.82) is 0 Å². The van der Waals surface area contributed by atoms with Crippen LogP contribution in [-0.2, 0) is 14.8 Å². The zero-order valence-corrected chi connectivity index (χ0v) is 13.5. The van der Waals surface area contributed by atoms with E-state index in [2.05, 4.69) is 4.72 Å². The number of carboxylic acid groups (broad SMARTS) is 1. The van der Waals surface area contributed by atoms with Crippen molar-refractivity contribution in [2.45, 2.75) is 17.9 Å². The van der Waals surface area contributed by atoms with E-state index in [1.807, 2.05) is 24.3 Å². The Morgan fingerprint density at radius 2 is 1.52 bits per heavy atom. The number of hydrogen-bond donors (Lipinski definition) is 2. The Bertz CT molecular complexity index is 782. The molecule has 0 spiro atoms. The normalized spacial score (nSPS) is 12.6. The molecule has 0 bridgehead atoms. The summed E-state index contributed by atoms with van der Waals surface area (Å²) in [5.41, 5.74) is 1.76. The van der Waals surface area contributed by atoms with E-state index in [0.717, 1.165) is 16.9 Å². The molecule has 0 radical (unpaired) electrons. The molecule has 0 aromatic heterocycles. The lowest BCUT2D eigenvalue weighted by Gasteiger charge is -2.11. The molecule has 1 atom stereocenters. The summed E-state index contributed by atoms with van der Waals surface area (Å²) in [6.07, 6.45) is 0. The van der Waals surface area contributed by atoms with Gasteiger partial charge in [-0.2, -0.15) is 4.72 Å². The summed E-state index contributed by atoms with van der Waals surface area (Å²) < 4.78 is 31.4. The number of rotatable bonds is 6. The highest BCUT2D eigenvalue weighted by Crippen LogP contribution is 2.23. The topological polar surface area (TPSA) is 92.7 Å². The molecule has 122 valence electrons. The van der Waals surface area contributed by atoms with Crippen LogP contribution >= 0.6 is 0 Å². The molecular weight excluding hydrogens is 318 g/mol. The van der Waals surface area contributed by atoms with Gasteiger partial charge in [0.2, 0.25) is 10.0 Å². The van der Waals surface area contributed by atoms with Crippen LogP contribution in [0.5, 0.6) is 5.75 Å². The molecule has 0 aliphatic rings. The van der Waals surface area contributed by atoms with Crippen LogP contribution in [0.4, 0.5) is 0 Å². The minimum absolute atomic E-state index is 0.0165. The molecule has 0 heterocycles. The third kappa shape index (κ3) is 4.08. The summed E-state index contributed by atoms with van der Waals surface area (Å²) in [7, 11) is -2.28. The molecule has 0 saturated carbocycles. The van der Waals surface area contributed by atoms with E-state index >= 15 is 0 Å². The van der Waals surface area contributed by atoms with Crippen molar-refractivity contribution in [3.8, 4) is 16.9 Å². The summed E-state index contributed by atoms with van der Waals surface area (Å²) in [4.78, 5) is 10.8. The number of hydrogen-bond acceptors (Lipinski definition) is 4. The van der Waals surface area contributed by atoms with Crippen LogP contribution in [-0.4, -0.2) is 32.6 Å². The molecule has 2 N–H and O–H groups in total. The van der Waals surface area contributed by atoms with E-state index in [0.29, 0.717) is 0 Å². The van der Waals surface area contributed by atoms with Crippen LogP contribution in [0.2, 0.25) is 0 Å². The number of nitrogens with one attached hydrogen (secondary N) is 1. The minimum atomic E-state index is -3.86. The molecule has 2 aromatic rings. The molecule has 0 aliphatic carbocycles. The quantitative estimate of drug-likeness (QED) is 0.843. The standard InChI is InChI=1S/C16H17NO5S/c1-11(16(18)19)17-23(20,21)15-9-5-13(6-10-15)12-3-7-14(22-2)8-4-12/h3-11,17H,1-2H3,(H,18,19)/t11-/m1/s1. The summed E-state index contributed by atoms with van der Waals surface area (Å²) in [5, 5.41) is 8.79. The maximum Gasteiger partial charge on any atom is 0.321 e. The van der Waals surface area contributed by atoms with Gasteiger partial charge in [0.15, 0.2) is 0 Å². The van der Waals surface area contributed by atoms with E-state index in [-0.39, 0.29) is 4.90 Å². The summed E-state index contributed by atoms with van der Waals surface area (Å²) in [6.45, 7) is 1.27. The van der Waals surface area contributed by atoms with E-state index in [1.165, 1.54) is 19.1 Å². The van der Waals surface area contributed by atoms with Gasteiger partial charge < -0.3 is 9.84 Å². The van der Waals surface area contributed by atoms with E-state index in [4.69, 9.17) is 9.84 Å². The highest BCUT2D eigenvalue weighted by atomic mass is 32.2. The Balaban J connectivity index is 2.22. The molecule has 0 unspecified atom stereocenters. The maximum atomic E-state index is 12.1. The first-order chi connectivity index (χ1) is 10.8. The van der Waals surface area contributed by atoms with Crippen molar-refractivity contribution >= 4 is 16.0 Å². The summed E-state index contributed by atoms with van der Waals surface area (Å²) >= 11 is 0. The zero-order chi connectivity index (χ0) is 17.0. The molecule has 2 rings (SSSR count). The second-order valence-corrected chi connectivity index (χ2v) is 6.65. The lowest BCUT2D eigenvalue weighted by atomic mass is 10.1. The van der Waals surface area contributed by atoms with Gasteiger partial charge in [-0.15, -0.1) is 0 Å². The monoisotopic (exact) mass is 335 g/mol. The van der Waals surface area contributed by atoms with Gasteiger partial charge in [0.1, 0.15) is 11.8 Å². The minimum Gasteiger partial charge on any atom is -0.497 e. The maximum absolute atomic E-state index is 12.1. The lowest BCUT2D eigenvalue weighted by Crippen LogP contribution is -2.38. The molecule has 0 aliphatic heterocycles. The van der Waals surface area contributed by atoms with E-state index < -0.39 is 22.0 Å². The Hall–Kier alpha value is -2.38. The average Bonchev–Trinajstić information content (AvgIpc) is 2.54. The predicted molar refractivity (Wildman–Crippen MR) is 85.8 cm³/mol. The first-order valence-corrected chi connectivity index (χ1v) is 8.31. The van der Waals surface area contributed by atoms with Crippen LogP contribution in [0.3, 0.4) is 0 Å². The van der Waals surface area contributed by atoms with Crippen LogP contribution in [0.25, 0.3) is 11.1 Å². The molecule has 2 aromatic carbocycles. The number of ether oxygens (including phenoxy) is 1. The number of carbonyl (C=O) groups is 1. The van der Waals surface area contributed by atoms with E-state index in [9.17, 15) is 13.2 Å². The Labute approximate surface area is 134 Å². The number of aliphatic carboxylic acids is 1. The van der Waals surface area contributed by atoms with Crippen LogP contribution in [0.15, 0.2) is 53.4 Å². The van der Waals surface area contributed by atoms with Crippen LogP contribution < -0.4 is 9.46 Å². The van der Waals surface area contributed by atoms with Crippen molar-refractivity contribution in [3.63, 3.8) is 0 Å². The molecule has 6 nitrogen and oxygen atoms in total. The fraction of sp³-hybridized carbons (Fsp3) is 0.188. The van der Waals surface area contributed by atoms with Gasteiger partial charge in [0.05, 0.1) is 12.0 Å². The largest absolute Gasteiger partial charge is 0.497 e. The van der Waals surface area contributed by atoms with Crippen LogP contribution in [0, 0.1) is 0 Å². The highest BCUT2D eigenvalue weighted by molar-refractivity contribution is 7.89. The summed E-state index contributed by atoms with van der Waals surface area (Å²) in [5.74, 6) is -0.497. The lowest BCUT2D eigenvalue weighted by molar-refractivity contribution is -0.138. The molecule has 0 amide bonds. The second-order valence-electron chi connectivity index (χ2n) is 4.93. The van der Waals surface area contributed by atoms with Gasteiger partial charge in [0, 0.05) is 0 Å². The van der Waals surface area contributed by atoms with Gasteiger partial charge in [-0.05, 0) is 42.3 Å². The number of carboxylic acids is 1. The van der Waals surface area contributed by atoms with Gasteiger partial charge in [0.25, 0.3) is 0 Å². The van der Waals surface area contributed by atoms with Crippen molar-refractivity contribution in [2.24, 2.45) is 0 Å². The molecule has 23 heavy (non-hydrogen) atoms. The molecular formula is C16H17NO5S. The first kappa shape index (κ1) is 17.0. The van der Waals surface area contributed by atoms with E-state index in [1.54, 1.807) is 19.2 Å². The van der Waals surface area contributed by atoms with Gasteiger partial charge >= 0.3 is 5.97 Å². The van der Waals surface area contributed by atoms with Gasteiger partial charge in [-0.25, -0.2) is 8.42 Å². The second kappa shape index (κ2) is 6.80. The van der Waals surface area contributed by atoms with Crippen molar-refractivity contribution < 1.29 is 23.1 Å². The SMILES string of the molecule is COc1ccc(-c2ccc(S(=O)(=O)N[C@H](C)C(=O)O)cc2)cc1. The first-order valence-electron chi connectivity index (χ1n) is 6.83. The Morgan fingerprint density at radius 1 is 1.04 bits per heavy atom. The molecule has 0 fully saturated rings. The predicted octanol–water partition coefficient (Wildman–Crippen LogP) is 2.11. The van der Waals surface area contributed by atoms with Crippen molar-refractivity contribution in [2.75, 3.05) is 7.11 Å². The smallest absolute Gasteiger partial charge is 0.321 e. The van der Waals surface area contributed by atoms with Gasteiger partial charge in [-0.1, -0.05) is 24.3 Å².